The lowest BCUT2D eigenvalue weighted by atomic mass is 10.0. The summed E-state index contributed by atoms with van der Waals surface area (Å²) in [5, 5.41) is 1.02. The van der Waals surface area contributed by atoms with Crippen molar-refractivity contribution in [3.63, 3.8) is 0 Å². The molecule has 5 heteroatoms. The summed E-state index contributed by atoms with van der Waals surface area (Å²) in [6, 6.07) is 14.2. The molecule has 0 aliphatic heterocycles. The Labute approximate surface area is 172 Å². The number of hydrogen-bond acceptors (Lipinski definition) is 3. The molecule has 0 amide bonds. The summed E-state index contributed by atoms with van der Waals surface area (Å²) in [7, 11) is 0. The lowest BCUT2D eigenvalue weighted by molar-refractivity contribution is 0.0521. The number of aromatic nitrogens is 1. The first-order valence-electron chi connectivity index (χ1n) is 9.41. The van der Waals surface area contributed by atoms with E-state index in [1.54, 1.807) is 0 Å². The van der Waals surface area contributed by atoms with E-state index >= 15 is 0 Å². The van der Waals surface area contributed by atoms with E-state index in [4.69, 9.17) is 9.47 Å². The number of H-pyrrole nitrogens is 1. The van der Waals surface area contributed by atoms with Crippen LogP contribution in [0.3, 0.4) is 0 Å². The van der Waals surface area contributed by atoms with Crippen LogP contribution in [-0.2, 0) is 4.74 Å². The normalized spacial score (nSPS) is 14.6. The van der Waals surface area contributed by atoms with Crippen molar-refractivity contribution in [2.24, 2.45) is 0 Å². The first-order chi connectivity index (χ1) is 13.2. The molecule has 4 rings (SSSR count). The zero-order valence-electron chi connectivity index (χ0n) is 15.3. The Morgan fingerprint density at radius 1 is 1.15 bits per heavy atom. The lowest BCUT2D eigenvalue weighted by Gasteiger charge is -2.13. The maximum atomic E-state index is 12.5. The van der Waals surface area contributed by atoms with Gasteiger partial charge in [0.15, 0.2) is 0 Å². The highest BCUT2D eigenvalue weighted by molar-refractivity contribution is 14.1. The van der Waals surface area contributed by atoms with Gasteiger partial charge in [-0.05, 0) is 91.1 Å². The molecule has 1 fully saturated rings. The van der Waals surface area contributed by atoms with Gasteiger partial charge < -0.3 is 14.5 Å². The van der Waals surface area contributed by atoms with Gasteiger partial charge in [0.05, 0.1) is 12.7 Å². The van der Waals surface area contributed by atoms with Crippen LogP contribution in [0.25, 0.3) is 22.0 Å². The number of fused-ring (bicyclic) bond motifs is 1. The molecule has 2 aromatic carbocycles. The number of aromatic amines is 1. The van der Waals surface area contributed by atoms with E-state index in [1.807, 2.05) is 43.3 Å². The molecule has 1 aliphatic rings. The van der Waals surface area contributed by atoms with E-state index in [1.165, 1.54) is 12.8 Å². The third-order valence-corrected chi connectivity index (χ3v) is 5.66. The molecule has 1 N–H and O–H groups in total. The van der Waals surface area contributed by atoms with Gasteiger partial charge in [0.2, 0.25) is 0 Å². The zero-order valence-corrected chi connectivity index (χ0v) is 17.4. The zero-order chi connectivity index (χ0) is 18.8. The summed E-state index contributed by atoms with van der Waals surface area (Å²) in [6.45, 7) is 2.16. The van der Waals surface area contributed by atoms with Crippen LogP contribution in [0.1, 0.15) is 43.1 Å². The Hall–Kier alpha value is -2.02. The van der Waals surface area contributed by atoms with Crippen LogP contribution in [0, 0.1) is 3.57 Å². The van der Waals surface area contributed by atoms with Crippen LogP contribution in [0.4, 0.5) is 0 Å². The number of benzene rings is 2. The van der Waals surface area contributed by atoms with Crippen LogP contribution in [0.5, 0.6) is 5.75 Å². The van der Waals surface area contributed by atoms with Gasteiger partial charge in [0, 0.05) is 20.0 Å². The summed E-state index contributed by atoms with van der Waals surface area (Å²) in [5.41, 5.74) is 3.29. The molecule has 1 heterocycles. The minimum absolute atomic E-state index is 0.329. The van der Waals surface area contributed by atoms with Crippen LogP contribution < -0.4 is 4.74 Å². The first kappa shape index (κ1) is 18.3. The number of carbonyl (C=O) groups is 1. The van der Waals surface area contributed by atoms with Crippen molar-refractivity contribution in [1.29, 1.82) is 0 Å². The van der Waals surface area contributed by atoms with Gasteiger partial charge in [-0.1, -0.05) is 12.1 Å². The van der Waals surface area contributed by atoms with Crippen molar-refractivity contribution in [3.05, 3.63) is 51.7 Å². The number of hydrogen-bond donors (Lipinski definition) is 1. The van der Waals surface area contributed by atoms with Crippen molar-refractivity contribution in [3.8, 4) is 16.9 Å². The Bertz CT molecular complexity index is 956. The Kier molecular flexibility index (Phi) is 5.38. The summed E-state index contributed by atoms with van der Waals surface area (Å²) in [6.07, 6.45) is 5.10. The predicted molar refractivity (Wildman–Crippen MR) is 115 cm³/mol. The second-order valence-corrected chi connectivity index (χ2v) is 8.08. The summed E-state index contributed by atoms with van der Waals surface area (Å²) in [4.78, 5) is 15.7. The summed E-state index contributed by atoms with van der Waals surface area (Å²) in [5.74, 6) is 0.558. The third-order valence-electron chi connectivity index (χ3n) is 4.99. The number of halogens is 1. The molecule has 27 heavy (non-hydrogen) atoms. The smallest absolute Gasteiger partial charge is 0.355 e. The highest BCUT2D eigenvalue weighted by Gasteiger charge is 2.21. The van der Waals surface area contributed by atoms with Crippen molar-refractivity contribution in [1.82, 2.24) is 4.98 Å². The largest absolute Gasteiger partial charge is 0.490 e. The average molecular weight is 475 g/mol. The minimum atomic E-state index is -0.329. The lowest BCUT2D eigenvalue weighted by Crippen LogP contribution is -2.10. The number of rotatable bonds is 5. The Balaban J connectivity index is 1.73. The number of carbonyl (C=O) groups excluding carboxylic acids is 1. The molecule has 0 saturated heterocycles. The minimum Gasteiger partial charge on any atom is -0.490 e. The van der Waals surface area contributed by atoms with Gasteiger partial charge in [-0.2, -0.15) is 0 Å². The number of nitrogens with one attached hydrogen (secondary N) is 1. The van der Waals surface area contributed by atoms with Crippen LogP contribution in [-0.4, -0.2) is 23.7 Å². The second kappa shape index (κ2) is 7.92. The van der Waals surface area contributed by atoms with Crippen molar-refractivity contribution in [2.45, 2.75) is 38.7 Å². The molecule has 0 bridgehead atoms. The molecule has 1 aliphatic carbocycles. The van der Waals surface area contributed by atoms with E-state index in [2.05, 4.69) is 33.6 Å². The van der Waals surface area contributed by atoms with Crippen LogP contribution >= 0.6 is 22.6 Å². The van der Waals surface area contributed by atoms with Gasteiger partial charge >= 0.3 is 5.97 Å². The monoisotopic (exact) mass is 475 g/mol. The fraction of sp³-hybridized carbons (Fsp3) is 0.318. The second-order valence-electron chi connectivity index (χ2n) is 6.83. The van der Waals surface area contributed by atoms with E-state index < -0.39 is 0 Å². The third kappa shape index (κ3) is 3.83. The van der Waals surface area contributed by atoms with Gasteiger partial charge in [-0.3, -0.25) is 0 Å². The fourth-order valence-corrected chi connectivity index (χ4v) is 4.21. The molecule has 0 radical (unpaired) electrons. The molecular weight excluding hydrogens is 453 g/mol. The van der Waals surface area contributed by atoms with Crippen molar-refractivity contribution in [2.75, 3.05) is 6.61 Å². The van der Waals surface area contributed by atoms with Gasteiger partial charge in [0.25, 0.3) is 0 Å². The highest BCUT2D eigenvalue weighted by Crippen LogP contribution is 2.35. The van der Waals surface area contributed by atoms with E-state index in [0.717, 1.165) is 44.2 Å². The molecule has 140 valence electrons. The maximum absolute atomic E-state index is 12.5. The molecule has 1 aromatic heterocycles. The Morgan fingerprint density at radius 3 is 2.59 bits per heavy atom. The maximum Gasteiger partial charge on any atom is 0.355 e. The first-order valence-corrected chi connectivity index (χ1v) is 10.5. The Morgan fingerprint density at radius 2 is 1.89 bits per heavy atom. The predicted octanol–water partition coefficient (Wildman–Crippen LogP) is 5.94. The topological polar surface area (TPSA) is 51.3 Å². The molecule has 3 aromatic rings. The molecular formula is C22H22INO3. The number of esters is 1. The molecule has 1 saturated carbocycles. The van der Waals surface area contributed by atoms with Gasteiger partial charge in [0.1, 0.15) is 11.4 Å². The number of ether oxygens (including phenoxy) is 2. The van der Waals surface area contributed by atoms with E-state index in [0.29, 0.717) is 18.4 Å². The standard InChI is InChI=1S/C22H22INO3/c1-2-26-22(25)21-20(18-13-15(23)9-12-19(18)24-21)14-7-10-17(11-8-14)27-16-5-3-4-6-16/h7-13,16,24H,2-6H2,1H3. The highest BCUT2D eigenvalue weighted by atomic mass is 127. The molecule has 4 nitrogen and oxygen atoms in total. The van der Waals surface area contributed by atoms with E-state index in [-0.39, 0.29) is 5.97 Å². The van der Waals surface area contributed by atoms with Crippen molar-refractivity contribution >= 4 is 39.5 Å². The molecule has 0 atom stereocenters. The van der Waals surface area contributed by atoms with Gasteiger partial charge in [-0.25, -0.2) is 4.79 Å². The van der Waals surface area contributed by atoms with Crippen LogP contribution in [0.2, 0.25) is 0 Å². The molecule has 0 unspecified atom stereocenters. The fourth-order valence-electron chi connectivity index (χ4n) is 3.72. The summed E-state index contributed by atoms with van der Waals surface area (Å²) < 4.78 is 12.5. The van der Waals surface area contributed by atoms with Crippen molar-refractivity contribution < 1.29 is 14.3 Å². The quantitative estimate of drug-likeness (QED) is 0.367. The SMILES string of the molecule is CCOC(=O)c1[nH]c2ccc(I)cc2c1-c1ccc(OC2CCCC2)cc1. The van der Waals surface area contributed by atoms with Crippen LogP contribution in [0.15, 0.2) is 42.5 Å². The summed E-state index contributed by atoms with van der Waals surface area (Å²) >= 11 is 2.29. The van der Waals surface area contributed by atoms with Gasteiger partial charge in [-0.15, -0.1) is 0 Å². The van der Waals surface area contributed by atoms with E-state index in [9.17, 15) is 4.79 Å². The molecule has 0 spiro atoms. The average Bonchev–Trinajstić information content (AvgIpc) is 3.30.